The number of likely N-dealkylation sites (tertiary alicyclic amines) is 1. The summed E-state index contributed by atoms with van der Waals surface area (Å²) in [6.45, 7) is 6.79. The lowest BCUT2D eigenvalue weighted by atomic mass is 10.0. The molecule has 1 aliphatic rings. The lowest BCUT2D eigenvalue weighted by Gasteiger charge is -2.20. The summed E-state index contributed by atoms with van der Waals surface area (Å²) in [6.07, 6.45) is 22.5. The Morgan fingerprint density at radius 2 is 1.26 bits per heavy atom. The number of phosphoric ester groups is 1. The van der Waals surface area contributed by atoms with Crippen LogP contribution in [-0.2, 0) is 32.7 Å². The Labute approximate surface area is 256 Å². The van der Waals surface area contributed by atoms with E-state index in [0.29, 0.717) is 13.0 Å². The highest BCUT2D eigenvalue weighted by molar-refractivity contribution is 7.47. The number of hydrogen-bond acceptors (Lipinski definition) is 8. The molecule has 0 bridgehead atoms. The van der Waals surface area contributed by atoms with Crippen molar-refractivity contribution in [1.82, 2.24) is 4.90 Å². The Hall–Kier alpha value is -0.830. The van der Waals surface area contributed by atoms with Crippen molar-refractivity contribution in [3.8, 4) is 0 Å². The van der Waals surface area contributed by atoms with E-state index < -0.39 is 19.9 Å². The standard InChI is InChI=1S/C32H62NO8P/c1-3-4-5-6-7-8-9-10-11-12-13-14-15-16-17-20-25-38-28-31(41-32(35)27-30(2)34)29-40-42(36,37)39-26-21-24-33-22-18-19-23-33/h31H,3-29H2,1-2H3,(H,36,37). The van der Waals surface area contributed by atoms with E-state index in [4.69, 9.17) is 18.5 Å². The predicted octanol–water partition coefficient (Wildman–Crippen LogP) is 7.77. The van der Waals surface area contributed by atoms with Crippen molar-refractivity contribution < 1.29 is 37.6 Å². The summed E-state index contributed by atoms with van der Waals surface area (Å²) in [4.78, 5) is 35.6. The summed E-state index contributed by atoms with van der Waals surface area (Å²) < 4.78 is 33.4. The molecule has 0 spiro atoms. The lowest BCUT2D eigenvalue weighted by molar-refractivity contribution is -0.155. The van der Waals surface area contributed by atoms with Gasteiger partial charge in [-0.25, -0.2) is 4.57 Å². The van der Waals surface area contributed by atoms with Crippen molar-refractivity contribution in [3.05, 3.63) is 0 Å². The maximum atomic E-state index is 12.3. The van der Waals surface area contributed by atoms with E-state index in [-0.39, 0.29) is 32.0 Å². The molecule has 1 N–H and O–H groups in total. The Morgan fingerprint density at radius 3 is 1.79 bits per heavy atom. The molecule has 42 heavy (non-hydrogen) atoms. The molecule has 0 saturated carbocycles. The van der Waals surface area contributed by atoms with Gasteiger partial charge in [0.05, 0.1) is 19.8 Å². The van der Waals surface area contributed by atoms with Crippen molar-refractivity contribution in [2.75, 3.05) is 46.1 Å². The van der Waals surface area contributed by atoms with Crippen LogP contribution >= 0.6 is 7.82 Å². The monoisotopic (exact) mass is 619 g/mol. The molecule has 0 amide bonds. The third-order valence-corrected chi connectivity index (χ3v) is 8.62. The minimum absolute atomic E-state index is 0.0251. The van der Waals surface area contributed by atoms with Crippen LogP contribution in [0.2, 0.25) is 0 Å². The normalized spacial score (nSPS) is 16.0. The number of ketones is 1. The fourth-order valence-corrected chi connectivity index (χ4v) is 5.99. The maximum absolute atomic E-state index is 12.3. The molecule has 0 aromatic carbocycles. The molecule has 1 aliphatic heterocycles. The number of esters is 1. The predicted molar refractivity (Wildman–Crippen MR) is 168 cm³/mol. The van der Waals surface area contributed by atoms with E-state index in [1.54, 1.807) is 0 Å². The first-order valence-electron chi connectivity index (χ1n) is 16.9. The van der Waals surface area contributed by atoms with Crippen LogP contribution < -0.4 is 0 Å². The van der Waals surface area contributed by atoms with Crippen LogP contribution in [0.3, 0.4) is 0 Å². The van der Waals surface area contributed by atoms with Gasteiger partial charge < -0.3 is 19.3 Å². The lowest BCUT2D eigenvalue weighted by Crippen LogP contribution is -2.29. The molecule has 1 rings (SSSR count). The highest BCUT2D eigenvalue weighted by Crippen LogP contribution is 2.43. The number of carbonyl (C=O) groups is 2. The summed E-state index contributed by atoms with van der Waals surface area (Å²) in [5.74, 6) is -1.02. The second kappa shape index (κ2) is 26.6. The molecule has 10 heteroatoms. The van der Waals surface area contributed by atoms with Crippen LogP contribution in [-0.4, -0.2) is 73.7 Å². The maximum Gasteiger partial charge on any atom is 0.472 e. The molecule has 9 nitrogen and oxygen atoms in total. The largest absolute Gasteiger partial charge is 0.472 e. The highest BCUT2D eigenvalue weighted by atomic mass is 31.2. The average Bonchev–Trinajstić information content (AvgIpc) is 3.46. The van der Waals surface area contributed by atoms with Crippen molar-refractivity contribution in [3.63, 3.8) is 0 Å². The smallest absolute Gasteiger partial charge is 0.457 e. The van der Waals surface area contributed by atoms with Gasteiger partial charge in [-0.15, -0.1) is 0 Å². The molecule has 0 aliphatic carbocycles. The third kappa shape index (κ3) is 24.6. The van der Waals surface area contributed by atoms with Crippen LogP contribution in [0, 0.1) is 0 Å². The molecule has 2 unspecified atom stereocenters. The van der Waals surface area contributed by atoms with Crippen molar-refractivity contribution in [2.24, 2.45) is 0 Å². The highest BCUT2D eigenvalue weighted by Gasteiger charge is 2.25. The fraction of sp³-hybridized carbons (Fsp3) is 0.938. The van der Waals surface area contributed by atoms with Crippen LogP contribution in [0.4, 0.5) is 0 Å². The van der Waals surface area contributed by atoms with Gasteiger partial charge in [0.1, 0.15) is 18.3 Å². The summed E-state index contributed by atoms with van der Waals surface area (Å²) >= 11 is 0. The Bertz CT molecular complexity index is 717. The number of ether oxygens (including phenoxy) is 2. The fourth-order valence-electron chi connectivity index (χ4n) is 5.20. The third-order valence-electron chi connectivity index (χ3n) is 7.63. The number of phosphoric acid groups is 1. The minimum atomic E-state index is -4.29. The molecule has 0 aromatic heterocycles. The first-order valence-corrected chi connectivity index (χ1v) is 18.4. The van der Waals surface area contributed by atoms with Gasteiger partial charge >= 0.3 is 13.8 Å². The van der Waals surface area contributed by atoms with Crippen molar-refractivity contribution in [1.29, 1.82) is 0 Å². The SMILES string of the molecule is CCCCCCCCCCCCCCCCCCOCC(COP(=O)(O)OCCCN1CCCC1)OC(=O)CC(C)=O. The summed E-state index contributed by atoms with van der Waals surface area (Å²) in [7, 11) is -4.29. The zero-order chi connectivity index (χ0) is 30.7. The molecule has 0 aromatic rings. The Kier molecular flexibility index (Phi) is 24.8. The molecule has 0 radical (unpaired) electrons. The number of nitrogens with zero attached hydrogens (tertiary/aromatic N) is 1. The number of Topliss-reactive ketones (excluding diaryl/α,β-unsaturated/α-hetero) is 1. The zero-order valence-electron chi connectivity index (χ0n) is 26.9. The zero-order valence-corrected chi connectivity index (χ0v) is 27.8. The number of carbonyl (C=O) groups excluding carboxylic acids is 2. The van der Waals surface area contributed by atoms with Gasteiger partial charge in [0.2, 0.25) is 0 Å². The summed E-state index contributed by atoms with van der Waals surface area (Å²) in [5.41, 5.74) is 0. The van der Waals surface area contributed by atoms with Gasteiger partial charge in [-0.2, -0.15) is 0 Å². The van der Waals surface area contributed by atoms with E-state index in [0.717, 1.165) is 32.5 Å². The van der Waals surface area contributed by atoms with Crippen molar-refractivity contribution >= 4 is 19.6 Å². The van der Waals surface area contributed by atoms with Gasteiger partial charge in [-0.1, -0.05) is 103 Å². The van der Waals surface area contributed by atoms with Gasteiger partial charge in [-0.05, 0) is 45.7 Å². The number of unbranched alkanes of at least 4 members (excludes halogenated alkanes) is 15. The van der Waals surface area contributed by atoms with Crippen LogP contribution in [0.1, 0.15) is 142 Å². The molecular weight excluding hydrogens is 557 g/mol. The quantitative estimate of drug-likeness (QED) is 0.0373. The molecular formula is C32H62NO8P. The molecule has 2 atom stereocenters. The second-order valence-corrected chi connectivity index (χ2v) is 13.3. The van der Waals surface area contributed by atoms with Gasteiger partial charge in [0, 0.05) is 13.2 Å². The molecule has 1 fully saturated rings. The first-order chi connectivity index (χ1) is 20.3. The summed E-state index contributed by atoms with van der Waals surface area (Å²) in [6, 6.07) is 0. The van der Waals surface area contributed by atoms with E-state index in [9.17, 15) is 19.0 Å². The minimum Gasteiger partial charge on any atom is -0.457 e. The molecule has 1 saturated heterocycles. The average molecular weight is 620 g/mol. The van der Waals surface area contributed by atoms with E-state index in [1.807, 2.05) is 0 Å². The van der Waals surface area contributed by atoms with E-state index >= 15 is 0 Å². The molecule has 248 valence electrons. The molecule has 1 heterocycles. The summed E-state index contributed by atoms with van der Waals surface area (Å²) in [5, 5.41) is 0. The topological polar surface area (TPSA) is 112 Å². The van der Waals surface area contributed by atoms with Gasteiger partial charge in [-0.3, -0.25) is 18.6 Å². The number of rotatable bonds is 30. The van der Waals surface area contributed by atoms with Crippen LogP contribution in [0.5, 0.6) is 0 Å². The van der Waals surface area contributed by atoms with Gasteiger partial charge in [0.15, 0.2) is 0 Å². The second-order valence-electron chi connectivity index (χ2n) is 11.9. The van der Waals surface area contributed by atoms with Crippen LogP contribution in [0.15, 0.2) is 0 Å². The van der Waals surface area contributed by atoms with E-state index in [1.165, 1.54) is 110 Å². The Morgan fingerprint density at radius 1 is 0.738 bits per heavy atom. The van der Waals surface area contributed by atoms with E-state index in [2.05, 4.69) is 11.8 Å². The number of hydrogen-bond donors (Lipinski definition) is 1. The van der Waals surface area contributed by atoms with Gasteiger partial charge in [0.25, 0.3) is 0 Å². The Balaban J connectivity index is 2.10. The first kappa shape index (κ1) is 39.2. The van der Waals surface area contributed by atoms with Crippen LogP contribution in [0.25, 0.3) is 0 Å². The van der Waals surface area contributed by atoms with Crippen molar-refractivity contribution in [2.45, 2.75) is 148 Å².